The van der Waals surface area contributed by atoms with E-state index in [1.54, 1.807) is 11.9 Å². The molecule has 2 atom stereocenters. The van der Waals surface area contributed by atoms with E-state index < -0.39 is 6.10 Å². The van der Waals surface area contributed by atoms with E-state index in [0.717, 1.165) is 24.0 Å². The second kappa shape index (κ2) is 7.40. The van der Waals surface area contributed by atoms with Gasteiger partial charge in [-0.2, -0.15) is 0 Å². The summed E-state index contributed by atoms with van der Waals surface area (Å²) in [6, 6.07) is 7.47. The first kappa shape index (κ1) is 16.5. The predicted molar refractivity (Wildman–Crippen MR) is 84.3 cm³/mol. The van der Waals surface area contributed by atoms with Crippen LogP contribution < -0.4 is 5.32 Å². The van der Waals surface area contributed by atoms with Crippen molar-refractivity contribution in [2.24, 2.45) is 0 Å². The molecule has 2 amide bonds. The monoisotopic (exact) mass is 304 g/mol. The molecule has 1 aliphatic heterocycles. The highest BCUT2D eigenvalue weighted by Gasteiger charge is 2.39. The number of ether oxygens (including phenoxy) is 1. The highest BCUT2D eigenvalue weighted by atomic mass is 16.5. The van der Waals surface area contributed by atoms with E-state index in [-0.39, 0.29) is 24.5 Å². The van der Waals surface area contributed by atoms with E-state index in [0.29, 0.717) is 6.54 Å². The molecule has 22 heavy (non-hydrogen) atoms. The van der Waals surface area contributed by atoms with E-state index in [2.05, 4.69) is 12.2 Å². The van der Waals surface area contributed by atoms with E-state index in [4.69, 9.17) is 4.74 Å². The molecule has 120 valence electrons. The zero-order valence-corrected chi connectivity index (χ0v) is 13.5. The van der Waals surface area contributed by atoms with E-state index in [1.807, 2.05) is 31.2 Å². The van der Waals surface area contributed by atoms with Crippen LogP contribution in [0.1, 0.15) is 36.9 Å². The summed E-state index contributed by atoms with van der Waals surface area (Å²) >= 11 is 0. The molecule has 0 saturated carbocycles. The van der Waals surface area contributed by atoms with E-state index in [1.165, 1.54) is 0 Å². The highest BCUT2D eigenvalue weighted by Crippen LogP contribution is 2.29. The van der Waals surface area contributed by atoms with Crippen LogP contribution in [0.25, 0.3) is 0 Å². The Labute approximate surface area is 131 Å². The number of carbonyl (C=O) groups is 2. The van der Waals surface area contributed by atoms with Gasteiger partial charge in [0.05, 0.1) is 6.04 Å². The Hall–Kier alpha value is -1.88. The number of hydrogen-bond acceptors (Lipinski definition) is 3. The molecule has 0 radical (unpaired) electrons. The van der Waals surface area contributed by atoms with Crippen molar-refractivity contribution in [1.82, 2.24) is 10.2 Å². The van der Waals surface area contributed by atoms with Gasteiger partial charge < -0.3 is 15.0 Å². The summed E-state index contributed by atoms with van der Waals surface area (Å²) in [5, 5.41) is 2.90. The number of carbonyl (C=O) groups excluding carboxylic acids is 2. The average molecular weight is 304 g/mol. The molecular weight excluding hydrogens is 280 g/mol. The van der Waals surface area contributed by atoms with Gasteiger partial charge in [-0.25, -0.2) is 0 Å². The fourth-order valence-electron chi connectivity index (χ4n) is 2.58. The second-order valence-electron chi connectivity index (χ2n) is 5.74. The summed E-state index contributed by atoms with van der Waals surface area (Å²) in [6.07, 6.45) is 1.29. The van der Waals surface area contributed by atoms with Gasteiger partial charge in [-0.3, -0.25) is 9.59 Å². The lowest BCUT2D eigenvalue weighted by Crippen LogP contribution is -2.53. The summed E-state index contributed by atoms with van der Waals surface area (Å²) in [5.74, 6) is -0.262. The van der Waals surface area contributed by atoms with Crippen molar-refractivity contribution in [3.05, 3.63) is 35.4 Å². The van der Waals surface area contributed by atoms with Crippen LogP contribution in [-0.4, -0.2) is 43.0 Å². The highest BCUT2D eigenvalue weighted by molar-refractivity contribution is 5.86. The lowest BCUT2D eigenvalue weighted by molar-refractivity contribution is -0.162. The molecule has 2 rings (SSSR count). The third-order valence-corrected chi connectivity index (χ3v) is 3.99. The van der Waals surface area contributed by atoms with Gasteiger partial charge >= 0.3 is 0 Å². The van der Waals surface area contributed by atoms with Crippen LogP contribution in [0.4, 0.5) is 0 Å². The number of benzene rings is 1. The average Bonchev–Trinajstić information content (AvgIpc) is 2.51. The van der Waals surface area contributed by atoms with Crippen LogP contribution in [0.5, 0.6) is 0 Å². The Kier molecular flexibility index (Phi) is 5.55. The van der Waals surface area contributed by atoms with Crippen LogP contribution in [0.15, 0.2) is 24.3 Å². The first-order chi connectivity index (χ1) is 10.5. The number of morpholine rings is 1. The van der Waals surface area contributed by atoms with Crippen molar-refractivity contribution in [2.75, 3.05) is 20.2 Å². The Morgan fingerprint density at radius 3 is 2.68 bits per heavy atom. The number of nitrogens with zero attached hydrogens (tertiary/aromatic N) is 1. The van der Waals surface area contributed by atoms with Gasteiger partial charge in [-0.05, 0) is 18.9 Å². The molecule has 5 heteroatoms. The number of aryl methyl sites for hydroxylation is 1. The third kappa shape index (κ3) is 3.65. The van der Waals surface area contributed by atoms with E-state index >= 15 is 0 Å². The van der Waals surface area contributed by atoms with Gasteiger partial charge in [0.15, 0.2) is 6.10 Å². The maximum absolute atomic E-state index is 12.4. The van der Waals surface area contributed by atoms with Crippen LogP contribution in [0, 0.1) is 6.92 Å². The molecule has 0 spiro atoms. The van der Waals surface area contributed by atoms with Crippen LogP contribution in [-0.2, 0) is 14.3 Å². The third-order valence-electron chi connectivity index (χ3n) is 3.99. The number of unbranched alkanes of at least 4 members (excludes halogenated alkanes) is 1. The Balaban J connectivity index is 2.20. The van der Waals surface area contributed by atoms with E-state index in [9.17, 15) is 9.59 Å². The molecule has 0 aliphatic carbocycles. The SMILES string of the molecule is CCCCNC(=O)[C@H]1OCC(=O)N(C)[C@H]1c1ccc(C)cc1. The summed E-state index contributed by atoms with van der Waals surface area (Å²) in [4.78, 5) is 26.0. The minimum Gasteiger partial charge on any atom is -0.356 e. The lowest BCUT2D eigenvalue weighted by atomic mass is 9.96. The van der Waals surface area contributed by atoms with Crippen molar-refractivity contribution in [1.29, 1.82) is 0 Å². The van der Waals surface area contributed by atoms with Crippen LogP contribution in [0.3, 0.4) is 0 Å². The first-order valence-electron chi connectivity index (χ1n) is 7.76. The fourth-order valence-corrected chi connectivity index (χ4v) is 2.58. The van der Waals surface area contributed by atoms with Crippen LogP contribution in [0.2, 0.25) is 0 Å². The summed E-state index contributed by atoms with van der Waals surface area (Å²) in [6.45, 7) is 4.66. The standard InChI is InChI=1S/C17H24N2O3/c1-4-5-10-18-17(21)16-15(19(3)14(20)11-22-16)13-8-6-12(2)7-9-13/h6-9,15-16H,4-5,10-11H2,1-3H3,(H,18,21)/t15-,16-/m0/s1. The predicted octanol–water partition coefficient (Wildman–Crippen LogP) is 1.81. The van der Waals surface area contributed by atoms with Crippen molar-refractivity contribution in [2.45, 2.75) is 38.8 Å². The molecule has 1 aliphatic rings. The van der Waals surface area contributed by atoms with Gasteiger partial charge in [0.2, 0.25) is 5.91 Å². The summed E-state index contributed by atoms with van der Waals surface area (Å²) < 4.78 is 5.55. The van der Waals surface area contributed by atoms with Crippen molar-refractivity contribution in [3.63, 3.8) is 0 Å². The number of likely N-dealkylation sites (N-methyl/N-ethyl adjacent to an activating group) is 1. The fraction of sp³-hybridized carbons (Fsp3) is 0.529. The quantitative estimate of drug-likeness (QED) is 0.844. The number of hydrogen-bond donors (Lipinski definition) is 1. The molecule has 0 unspecified atom stereocenters. The minimum atomic E-state index is -0.665. The molecule has 1 aromatic carbocycles. The topological polar surface area (TPSA) is 58.6 Å². The molecule has 1 aromatic rings. The number of amides is 2. The molecule has 0 aromatic heterocycles. The van der Waals surface area contributed by atoms with Crippen molar-refractivity contribution >= 4 is 11.8 Å². The lowest BCUT2D eigenvalue weighted by Gasteiger charge is -2.38. The largest absolute Gasteiger partial charge is 0.356 e. The molecule has 1 heterocycles. The molecule has 1 saturated heterocycles. The Morgan fingerprint density at radius 1 is 1.36 bits per heavy atom. The zero-order chi connectivity index (χ0) is 16.1. The second-order valence-corrected chi connectivity index (χ2v) is 5.74. The Morgan fingerprint density at radius 2 is 2.05 bits per heavy atom. The van der Waals surface area contributed by atoms with Gasteiger partial charge in [0.1, 0.15) is 6.61 Å². The molecular formula is C17H24N2O3. The normalized spacial score (nSPS) is 21.8. The van der Waals surface area contributed by atoms with Gasteiger partial charge in [-0.1, -0.05) is 43.2 Å². The molecule has 5 nitrogen and oxygen atoms in total. The van der Waals surface area contributed by atoms with Crippen molar-refractivity contribution < 1.29 is 14.3 Å². The van der Waals surface area contributed by atoms with Crippen LogP contribution >= 0.6 is 0 Å². The number of rotatable bonds is 5. The van der Waals surface area contributed by atoms with Gasteiger partial charge in [-0.15, -0.1) is 0 Å². The molecule has 1 fully saturated rings. The number of nitrogens with one attached hydrogen (secondary N) is 1. The smallest absolute Gasteiger partial charge is 0.251 e. The minimum absolute atomic E-state index is 0.0509. The summed E-state index contributed by atoms with van der Waals surface area (Å²) in [5.41, 5.74) is 2.05. The Bertz CT molecular complexity index is 527. The maximum Gasteiger partial charge on any atom is 0.251 e. The maximum atomic E-state index is 12.4. The zero-order valence-electron chi connectivity index (χ0n) is 13.5. The van der Waals surface area contributed by atoms with Gasteiger partial charge in [0.25, 0.3) is 5.91 Å². The van der Waals surface area contributed by atoms with Crippen molar-refractivity contribution in [3.8, 4) is 0 Å². The first-order valence-corrected chi connectivity index (χ1v) is 7.76. The summed E-state index contributed by atoms with van der Waals surface area (Å²) in [7, 11) is 1.72. The molecule has 0 bridgehead atoms. The van der Waals surface area contributed by atoms with Gasteiger partial charge in [0, 0.05) is 13.6 Å². The molecule has 1 N–H and O–H groups in total.